The summed E-state index contributed by atoms with van der Waals surface area (Å²) in [6, 6.07) is 0.160. The molecule has 0 fully saturated rings. The van der Waals surface area contributed by atoms with Crippen LogP contribution in [0.2, 0.25) is 0 Å². The predicted octanol–water partition coefficient (Wildman–Crippen LogP) is 1.59. The lowest BCUT2D eigenvalue weighted by atomic mass is 10.3. The average molecular weight is 202 g/mol. The molecule has 1 amide bonds. The van der Waals surface area contributed by atoms with Gasteiger partial charge in [0, 0.05) is 12.6 Å². The molecule has 0 aromatic carbocycles. The molecule has 14 heavy (non-hydrogen) atoms. The molecule has 0 aromatic rings. The molecule has 0 spiro atoms. The Balaban J connectivity index is 4.11. The summed E-state index contributed by atoms with van der Waals surface area (Å²) >= 11 is 0. The maximum atomic E-state index is 11.6. The molecule has 0 radical (unpaired) electrons. The van der Waals surface area contributed by atoms with Crippen molar-refractivity contribution in [3.63, 3.8) is 0 Å². The van der Waals surface area contributed by atoms with Gasteiger partial charge in [-0.3, -0.25) is 0 Å². The molecule has 0 atom stereocenters. The molecule has 0 aliphatic heterocycles. The van der Waals surface area contributed by atoms with Gasteiger partial charge in [-0.1, -0.05) is 0 Å². The van der Waals surface area contributed by atoms with Gasteiger partial charge in [0.15, 0.2) is 0 Å². The fourth-order valence-corrected chi connectivity index (χ4v) is 1.09. The minimum atomic E-state index is -0.247. The Morgan fingerprint density at radius 2 is 1.93 bits per heavy atom. The van der Waals surface area contributed by atoms with E-state index in [-0.39, 0.29) is 18.2 Å². The summed E-state index contributed by atoms with van der Waals surface area (Å²) in [5, 5.41) is 0. The van der Waals surface area contributed by atoms with Crippen LogP contribution in [0.15, 0.2) is 0 Å². The first-order valence-electron chi connectivity index (χ1n) is 5.16. The summed E-state index contributed by atoms with van der Waals surface area (Å²) in [6.07, 6.45) is 0.496. The monoisotopic (exact) mass is 202 g/mol. The van der Waals surface area contributed by atoms with E-state index in [0.29, 0.717) is 13.1 Å². The second-order valence-electron chi connectivity index (χ2n) is 3.86. The highest BCUT2D eigenvalue weighted by molar-refractivity contribution is 5.68. The highest BCUT2D eigenvalue weighted by Gasteiger charge is 2.18. The van der Waals surface area contributed by atoms with Gasteiger partial charge in [-0.25, -0.2) is 4.79 Å². The molecule has 0 bridgehead atoms. The van der Waals surface area contributed by atoms with Crippen LogP contribution in [-0.4, -0.2) is 36.2 Å². The van der Waals surface area contributed by atoms with Crippen molar-refractivity contribution >= 4 is 6.09 Å². The summed E-state index contributed by atoms with van der Waals surface area (Å²) in [5.41, 5.74) is 5.40. The van der Waals surface area contributed by atoms with Gasteiger partial charge in [0.05, 0.1) is 6.10 Å². The lowest BCUT2D eigenvalue weighted by Crippen LogP contribution is -2.39. The predicted molar refractivity (Wildman–Crippen MR) is 57.1 cm³/mol. The van der Waals surface area contributed by atoms with E-state index < -0.39 is 0 Å². The Bertz CT molecular complexity index is 170. The van der Waals surface area contributed by atoms with Gasteiger partial charge in [0.1, 0.15) is 0 Å². The molecule has 4 nitrogen and oxygen atoms in total. The second-order valence-corrected chi connectivity index (χ2v) is 3.86. The largest absolute Gasteiger partial charge is 0.447 e. The lowest BCUT2D eigenvalue weighted by Gasteiger charge is -2.26. The van der Waals surface area contributed by atoms with Crippen LogP contribution in [0.4, 0.5) is 4.79 Å². The fraction of sp³-hybridized carbons (Fsp3) is 0.900. The number of ether oxygens (including phenoxy) is 1. The first-order valence-corrected chi connectivity index (χ1v) is 5.16. The number of amides is 1. The van der Waals surface area contributed by atoms with Gasteiger partial charge in [-0.2, -0.15) is 0 Å². The Morgan fingerprint density at radius 1 is 1.36 bits per heavy atom. The summed E-state index contributed by atoms with van der Waals surface area (Å²) in [5.74, 6) is 0. The van der Waals surface area contributed by atoms with E-state index in [2.05, 4.69) is 0 Å². The molecule has 0 aliphatic carbocycles. The van der Waals surface area contributed by atoms with Gasteiger partial charge in [-0.05, 0) is 40.7 Å². The Hall–Kier alpha value is -0.770. The summed E-state index contributed by atoms with van der Waals surface area (Å²) < 4.78 is 5.12. The van der Waals surface area contributed by atoms with E-state index in [9.17, 15) is 4.79 Å². The van der Waals surface area contributed by atoms with Crippen LogP contribution in [-0.2, 0) is 4.74 Å². The van der Waals surface area contributed by atoms with Crippen LogP contribution >= 0.6 is 0 Å². The van der Waals surface area contributed by atoms with Crippen molar-refractivity contribution in [3.8, 4) is 0 Å². The number of rotatable bonds is 5. The standard InChI is InChI=1S/C10H22N2O2/c1-8(2)12(7-5-6-11)10(13)14-9(3)4/h8-9H,5-7,11H2,1-4H3. The first kappa shape index (κ1) is 13.2. The fourth-order valence-electron chi connectivity index (χ4n) is 1.09. The molecule has 4 heteroatoms. The van der Waals surface area contributed by atoms with E-state index in [4.69, 9.17) is 10.5 Å². The summed E-state index contributed by atoms with van der Waals surface area (Å²) in [7, 11) is 0. The van der Waals surface area contributed by atoms with Crippen LogP contribution in [0.5, 0.6) is 0 Å². The molecule has 0 saturated carbocycles. The van der Waals surface area contributed by atoms with Crippen molar-refractivity contribution < 1.29 is 9.53 Å². The molecule has 84 valence electrons. The van der Waals surface area contributed by atoms with Gasteiger partial charge >= 0.3 is 6.09 Å². The summed E-state index contributed by atoms with van der Waals surface area (Å²) in [4.78, 5) is 13.3. The number of nitrogens with zero attached hydrogens (tertiary/aromatic N) is 1. The number of nitrogens with two attached hydrogens (primary N) is 1. The molecule has 0 unspecified atom stereocenters. The number of carbonyl (C=O) groups is 1. The third-order valence-corrected chi connectivity index (χ3v) is 1.80. The van der Waals surface area contributed by atoms with E-state index >= 15 is 0 Å². The van der Waals surface area contributed by atoms with Crippen molar-refractivity contribution in [1.29, 1.82) is 0 Å². The van der Waals surface area contributed by atoms with Crippen molar-refractivity contribution in [2.24, 2.45) is 5.73 Å². The van der Waals surface area contributed by atoms with Gasteiger partial charge in [0.2, 0.25) is 0 Å². The molecule has 0 saturated heterocycles. The zero-order chi connectivity index (χ0) is 11.1. The maximum Gasteiger partial charge on any atom is 0.410 e. The third-order valence-electron chi connectivity index (χ3n) is 1.80. The lowest BCUT2D eigenvalue weighted by molar-refractivity contribution is 0.0677. The second kappa shape index (κ2) is 6.65. The molecule has 0 aliphatic rings. The van der Waals surface area contributed by atoms with Gasteiger partial charge in [-0.15, -0.1) is 0 Å². The Morgan fingerprint density at radius 3 is 2.29 bits per heavy atom. The van der Waals surface area contributed by atoms with Crippen molar-refractivity contribution in [3.05, 3.63) is 0 Å². The minimum Gasteiger partial charge on any atom is -0.447 e. The van der Waals surface area contributed by atoms with E-state index in [1.54, 1.807) is 4.90 Å². The maximum absolute atomic E-state index is 11.6. The van der Waals surface area contributed by atoms with Crippen molar-refractivity contribution in [2.45, 2.75) is 46.3 Å². The van der Waals surface area contributed by atoms with Gasteiger partial charge in [0.25, 0.3) is 0 Å². The highest BCUT2D eigenvalue weighted by atomic mass is 16.6. The van der Waals surface area contributed by atoms with E-state index in [1.165, 1.54) is 0 Å². The molecule has 0 heterocycles. The quantitative estimate of drug-likeness (QED) is 0.736. The molecule has 2 N–H and O–H groups in total. The SMILES string of the molecule is CC(C)OC(=O)N(CCCN)C(C)C. The average Bonchev–Trinajstić information content (AvgIpc) is 2.02. The van der Waals surface area contributed by atoms with E-state index in [0.717, 1.165) is 6.42 Å². The number of hydrogen-bond donors (Lipinski definition) is 1. The highest BCUT2D eigenvalue weighted by Crippen LogP contribution is 2.04. The van der Waals surface area contributed by atoms with Crippen molar-refractivity contribution in [1.82, 2.24) is 4.90 Å². The summed E-state index contributed by atoms with van der Waals surface area (Å²) in [6.45, 7) is 8.90. The molecular formula is C10H22N2O2. The number of hydrogen-bond acceptors (Lipinski definition) is 3. The van der Waals surface area contributed by atoms with Crippen molar-refractivity contribution in [2.75, 3.05) is 13.1 Å². The smallest absolute Gasteiger partial charge is 0.410 e. The van der Waals surface area contributed by atoms with Crippen LogP contribution in [0.3, 0.4) is 0 Å². The topological polar surface area (TPSA) is 55.6 Å². The van der Waals surface area contributed by atoms with Crippen LogP contribution in [0, 0.1) is 0 Å². The molecule has 0 rings (SSSR count). The first-order chi connectivity index (χ1) is 6.49. The van der Waals surface area contributed by atoms with Gasteiger partial charge < -0.3 is 15.4 Å². The third kappa shape index (κ3) is 5.07. The van der Waals surface area contributed by atoms with Crippen LogP contribution in [0.25, 0.3) is 0 Å². The number of carbonyl (C=O) groups excluding carboxylic acids is 1. The molecular weight excluding hydrogens is 180 g/mol. The van der Waals surface area contributed by atoms with Crippen LogP contribution < -0.4 is 5.73 Å². The van der Waals surface area contributed by atoms with Crippen LogP contribution in [0.1, 0.15) is 34.1 Å². The Kier molecular flexibility index (Phi) is 6.28. The zero-order valence-electron chi connectivity index (χ0n) is 9.62. The van der Waals surface area contributed by atoms with E-state index in [1.807, 2.05) is 27.7 Å². The zero-order valence-corrected chi connectivity index (χ0v) is 9.62. The minimum absolute atomic E-state index is 0.0679. The Labute approximate surface area is 86.4 Å². The normalized spacial score (nSPS) is 10.8. The molecule has 0 aromatic heterocycles.